The molecular formula is C39H26N4. The van der Waals surface area contributed by atoms with Crippen LogP contribution in [0.1, 0.15) is 21.9 Å². The molecule has 0 aliphatic rings. The monoisotopic (exact) mass is 566 g/mol. The Kier molecular flexibility index (Phi) is 3.28. The molecule has 0 bridgehead atoms. The second-order valence-electron chi connectivity index (χ2n) is 9.29. The second-order valence-corrected chi connectivity index (χ2v) is 9.29. The first kappa shape index (κ1) is 13.4. The largest absolute Gasteiger partial charge is 0.309 e. The van der Waals surface area contributed by atoms with E-state index in [2.05, 4.69) is 15.0 Å². The van der Waals surface area contributed by atoms with E-state index in [1.165, 1.54) is 0 Å². The maximum Gasteiger partial charge on any atom is 0.164 e. The van der Waals surface area contributed by atoms with Gasteiger partial charge in [0.1, 0.15) is 0 Å². The molecular weight excluding hydrogens is 524 g/mol. The van der Waals surface area contributed by atoms with Crippen LogP contribution in [0.2, 0.25) is 0 Å². The fourth-order valence-corrected chi connectivity index (χ4v) is 4.69. The molecule has 2 aromatic heterocycles. The first-order valence-electron chi connectivity index (χ1n) is 21.1. The summed E-state index contributed by atoms with van der Waals surface area (Å²) in [5.74, 6) is 0.138. The lowest BCUT2D eigenvalue weighted by Gasteiger charge is -2.11. The smallest absolute Gasteiger partial charge is 0.164 e. The zero-order valence-electron chi connectivity index (χ0n) is 38.1. The SMILES string of the molecule is [2H]c1c([2H])c([2H])c(-c2c([2H])c([2H])c3c(c2[2H])c2c([2H])c([2H])c([2H])c([2H])c2n3-c2c([2H])c([2H])c(-c3nc(-c4ccccc4)nc(-c4ccccc4)n3)c([2H])c2[2H])c([2H])c1[2H]. The third kappa shape index (κ3) is 4.55. The average molecular weight is 567 g/mol. The van der Waals surface area contributed by atoms with E-state index >= 15 is 0 Å². The van der Waals surface area contributed by atoms with Gasteiger partial charge in [-0.05, 0) is 53.4 Å². The maximum atomic E-state index is 9.38. The van der Waals surface area contributed by atoms with Gasteiger partial charge in [0.2, 0.25) is 0 Å². The molecule has 8 aromatic rings. The first-order chi connectivity index (χ1) is 28.0. The second kappa shape index (κ2) is 10.5. The quantitative estimate of drug-likeness (QED) is 0.208. The molecule has 0 unspecified atom stereocenters. The average Bonchev–Trinajstić information content (AvgIpc) is 3.60. The normalized spacial score (nSPS) is 16.5. The van der Waals surface area contributed by atoms with Crippen molar-refractivity contribution in [3.05, 3.63) is 157 Å². The van der Waals surface area contributed by atoms with Gasteiger partial charge in [-0.2, -0.15) is 0 Å². The van der Waals surface area contributed by atoms with Crippen LogP contribution in [0.5, 0.6) is 0 Å². The van der Waals surface area contributed by atoms with E-state index < -0.39 is 135 Å². The number of nitrogens with zero attached hydrogens (tertiary/aromatic N) is 4. The summed E-state index contributed by atoms with van der Waals surface area (Å²) < 4.78 is 142. The molecule has 0 aliphatic carbocycles. The van der Waals surface area contributed by atoms with Gasteiger partial charge in [-0.15, -0.1) is 0 Å². The van der Waals surface area contributed by atoms with E-state index in [1.54, 1.807) is 60.7 Å². The van der Waals surface area contributed by atoms with Crippen molar-refractivity contribution in [1.82, 2.24) is 19.5 Å². The predicted molar refractivity (Wildman–Crippen MR) is 176 cm³/mol. The third-order valence-electron chi connectivity index (χ3n) is 6.67. The van der Waals surface area contributed by atoms with Gasteiger partial charge in [0, 0.05) is 33.2 Å². The molecule has 2 heterocycles. The van der Waals surface area contributed by atoms with E-state index in [0.29, 0.717) is 11.1 Å². The van der Waals surface area contributed by atoms with Crippen molar-refractivity contribution in [2.24, 2.45) is 0 Å². The Morgan fingerprint density at radius 3 is 1.60 bits per heavy atom. The number of aromatic nitrogens is 4. The molecule has 0 saturated carbocycles. The number of hydrogen-bond acceptors (Lipinski definition) is 3. The van der Waals surface area contributed by atoms with Crippen molar-refractivity contribution in [1.29, 1.82) is 0 Å². The molecule has 43 heavy (non-hydrogen) atoms. The van der Waals surface area contributed by atoms with Gasteiger partial charge in [0.15, 0.2) is 17.5 Å². The van der Waals surface area contributed by atoms with Crippen LogP contribution in [-0.2, 0) is 0 Å². The fourth-order valence-electron chi connectivity index (χ4n) is 4.69. The van der Waals surface area contributed by atoms with Crippen molar-refractivity contribution in [2.45, 2.75) is 0 Å². The lowest BCUT2D eigenvalue weighted by molar-refractivity contribution is 1.07. The molecule has 0 amide bonds. The highest BCUT2D eigenvalue weighted by Gasteiger charge is 2.15. The van der Waals surface area contributed by atoms with Crippen molar-refractivity contribution in [3.8, 4) is 51.0 Å². The number of fused-ring (bicyclic) bond motifs is 3. The standard InChI is InChI=1S/C39H26N4/c1-4-12-27(13-5-1)31-22-25-36-34(26-31)33-18-10-11-19-35(33)43(36)32-23-20-30(21-24-32)39-41-37(28-14-6-2-7-15-28)40-38(42-39)29-16-8-3-9-17-29/h1-26H/i1D,4D,5D,10D,11D,12D,13D,18D,19D,20D,21D,22D,23D,24D,25D,26D. The van der Waals surface area contributed by atoms with E-state index in [0.717, 1.165) is 4.57 Å². The Labute approximate surface area is 272 Å². The zero-order chi connectivity index (χ0) is 42.5. The van der Waals surface area contributed by atoms with Crippen LogP contribution in [-0.4, -0.2) is 19.5 Å². The molecule has 6 aromatic carbocycles. The maximum absolute atomic E-state index is 9.38. The highest BCUT2D eigenvalue weighted by molar-refractivity contribution is 6.10. The predicted octanol–water partition coefficient (Wildman–Crippen LogP) is 9.64. The summed E-state index contributed by atoms with van der Waals surface area (Å²) in [6.45, 7) is 0. The lowest BCUT2D eigenvalue weighted by Crippen LogP contribution is -2.00. The molecule has 0 saturated heterocycles. The molecule has 8 rings (SSSR count). The van der Waals surface area contributed by atoms with Crippen molar-refractivity contribution in [2.75, 3.05) is 0 Å². The number of para-hydroxylation sites is 1. The molecule has 4 nitrogen and oxygen atoms in total. The Balaban J connectivity index is 1.50. The molecule has 0 aliphatic heterocycles. The van der Waals surface area contributed by atoms with Crippen LogP contribution >= 0.6 is 0 Å². The van der Waals surface area contributed by atoms with Crippen molar-refractivity contribution >= 4 is 21.8 Å². The molecule has 0 radical (unpaired) electrons. The van der Waals surface area contributed by atoms with E-state index in [-0.39, 0.29) is 23.0 Å². The topological polar surface area (TPSA) is 43.6 Å². The number of benzene rings is 6. The molecule has 0 fully saturated rings. The van der Waals surface area contributed by atoms with Gasteiger partial charge < -0.3 is 4.57 Å². The summed E-state index contributed by atoms with van der Waals surface area (Å²) in [6, 6.07) is 5.71. The minimum Gasteiger partial charge on any atom is -0.309 e. The van der Waals surface area contributed by atoms with Crippen LogP contribution in [0.25, 0.3) is 72.8 Å². The van der Waals surface area contributed by atoms with Crippen LogP contribution in [0.3, 0.4) is 0 Å². The van der Waals surface area contributed by atoms with E-state index in [4.69, 9.17) is 13.7 Å². The van der Waals surface area contributed by atoms with Crippen molar-refractivity contribution in [3.63, 3.8) is 0 Å². The highest BCUT2D eigenvalue weighted by Crippen LogP contribution is 2.35. The summed E-state index contributed by atoms with van der Waals surface area (Å²) in [5.41, 5.74) is -1.86. The summed E-state index contributed by atoms with van der Waals surface area (Å²) in [6.07, 6.45) is 0. The molecule has 0 atom stereocenters. The molecule has 0 spiro atoms. The third-order valence-corrected chi connectivity index (χ3v) is 6.67. The summed E-state index contributed by atoms with van der Waals surface area (Å²) in [4.78, 5) is 13.8. The Bertz CT molecular complexity index is 3000. The summed E-state index contributed by atoms with van der Waals surface area (Å²) in [7, 11) is 0. The molecule has 202 valence electrons. The Morgan fingerprint density at radius 2 is 0.953 bits per heavy atom. The molecule has 0 N–H and O–H groups in total. The van der Waals surface area contributed by atoms with Gasteiger partial charge in [0.05, 0.1) is 33.0 Å². The van der Waals surface area contributed by atoms with Gasteiger partial charge >= 0.3 is 0 Å². The Morgan fingerprint density at radius 1 is 0.419 bits per heavy atom. The van der Waals surface area contributed by atoms with Crippen LogP contribution in [0, 0.1) is 0 Å². The van der Waals surface area contributed by atoms with Gasteiger partial charge in [-0.3, -0.25) is 0 Å². The number of hydrogen-bond donors (Lipinski definition) is 0. The fraction of sp³-hybridized carbons (Fsp3) is 0. The zero-order valence-corrected chi connectivity index (χ0v) is 22.1. The van der Waals surface area contributed by atoms with Gasteiger partial charge in [0.25, 0.3) is 0 Å². The minimum absolute atomic E-state index is 0.175. The highest BCUT2D eigenvalue weighted by atomic mass is 15.0. The first-order valence-corrected chi connectivity index (χ1v) is 13.1. The van der Waals surface area contributed by atoms with E-state index in [9.17, 15) is 8.22 Å². The number of rotatable bonds is 5. The van der Waals surface area contributed by atoms with Crippen molar-refractivity contribution < 1.29 is 21.9 Å². The minimum atomic E-state index is -0.820. The van der Waals surface area contributed by atoms with Gasteiger partial charge in [-0.25, -0.2) is 15.0 Å². The van der Waals surface area contributed by atoms with Crippen LogP contribution in [0.4, 0.5) is 0 Å². The van der Waals surface area contributed by atoms with Gasteiger partial charge in [-0.1, -0.05) is 115 Å². The van der Waals surface area contributed by atoms with E-state index in [1.807, 2.05) is 0 Å². The van der Waals surface area contributed by atoms with Crippen LogP contribution in [0.15, 0.2) is 157 Å². The summed E-state index contributed by atoms with van der Waals surface area (Å²) in [5, 5.41) is -0.801. The molecule has 4 heteroatoms. The Hall–Kier alpha value is -5.87. The van der Waals surface area contributed by atoms with Crippen LogP contribution < -0.4 is 0 Å². The lowest BCUT2D eigenvalue weighted by atomic mass is 10.0. The summed E-state index contributed by atoms with van der Waals surface area (Å²) >= 11 is 0.